The number of carbonyl (C=O) groups excluding carboxylic acids is 1. The Balaban J connectivity index is 3.24. The number of hydrogen-bond acceptors (Lipinski definition) is 2. The van der Waals surface area contributed by atoms with Crippen molar-refractivity contribution in [2.24, 2.45) is 0 Å². The molecule has 0 saturated heterocycles. The van der Waals surface area contributed by atoms with E-state index < -0.39 is 12.8 Å². The van der Waals surface area contributed by atoms with Gasteiger partial charge in [-0.15, -0.1) is 0 Å². The van der Waals surface area contributed by atoms with E-state index in [1.165, 1.54) is 6.92 Å². The average Bonchev–Trinajstić information content (AvgIpc) is 1.65. The van der Waals surface area contributed by atoms with Crippen LogP contribution in [0.15, 0.2) is 0 Å². The molecule has 1 atom stereocenters. The second-order valence-electron chi connectivity index (χ2n) is 1.71. The third-order valence-corrected chi connectivity index (χ3v) is 0.701. The number of carbonyl (C=O) groups is 1. The highest BCUT2D eigenvalue weighted by atomic mass is 18.2. The molecular weight excluding hydrogens is 110 g/mol. The lowest BCUT2D eigenvalue weighted by Crippen LogP contribution is -2.12. The molecule has 0 aromatic rings. The molecule has 0 radical (unpaired) electrons. The van der Waals surface area contributed by atoms with Crippen LogP contribution in [-0.4, -0.2) is 23.7 Å². The number of Topliss-reactive ketones (excluding diaryl/α,β-unsaturated/α-hetero) is 1. The summed E-state index contributed by atoms with van der Waals surface area (Å²) in [7, 11) is 0. The van der Waals surface area contributed by atoms with Crippen LogP contribution in [-0.2, 0) is 4.79 Å². The molecular formula is C5H9FO2. The van der Waals surface area contributed by atoms with Crippen molar-refractivity contribution in [1.82, 2.24) is 0 Å². The highest BCUT2D eigenvalue weighted by Crippen LogP contribution is 1.91. The van der Waals surface area contributed by atoms with Crippen LogP contribution in [0.4, 0.5) is 4.39 Å². The maximum Gasteiger partial charge on any atom is 0.132 e. The van der Waals surface area contributed by atoms with Crippen molar-refractivity contribution in [2.75, 3.05) is 6.67 Å². The molecule has 1 N–H and O–H groups in total. The van der Waals surface area contributed by atoms with Crippen molar-refractivity contribution >= 4 is 5.78 Å². The van der Waals surface area contributed by atoms with Gasteiger partial charge in [-0.3, -0.25) is 4.79 Å². The van der Waals surface area contributed by atoms with Crippen molar-refractivity contribution in [1.29, 1.82) is 0 Å². The van der Waals surface area contributed by atoms with Crippen LogP contribution < -0.4 is 0 Å². The second-order valence-corrected chi connectivity index (χ2v) is 1.71. The van der Waals surface area contributed by atoms with Crippen molar-refractivity contribution in [3.8, 4) is 0 Å². The predicted octanol–water partition coefficient (Wildman–Crippen LogP) is 0.296. The van der Waals surface area contributed by atoms with Crippen molar-refractivity contribution in [3.05, 3.63) is 0 Å². The number of ketones is 1. The van der Waals surface area contributed by atoms with E-state index >= 15 is 0 Å². The molecule has 0 aliphatic heterocycles. The lowest BCUT2D eigenvalue weighted by Gasteiger charge is -1.98. The minimum Gasteiger partial charge on any atom is -0.390 e. The summed E-state index contributed by atoms with van der Waals surface area (Å²) < 4.78 is 11.3. The fraction of sp³-hybridized carbons (Fsp3) is 0.800. The SMILES string of the molecule is CC(=O)C[C@H](O)C[18F]. The van der Waals surface area contributed by atoms with Gasteiger partial charge in [0.25, 0.3) is 0 Å². The van der Waals surface area contributed by atoms with Gasteiger partial charge in [-0.25, -0.2) is 4.39 Å². The number of alkyl halides is 1. The zero-order valence-electron chi connectivity index (χ0n) is 4.72. The molecule has 0 aliphatic carbocycles. The Kier molecular flexibility index (Phi) is 3.35. The van der Waals surface area contributed by atoms with Crippen LogP contribution >= 0.6 is 0 Å². The summed E-state index contributed by atoms with van der Waals surface area (Å²) in [6.07, 6.45) is -1.16. The number of rotatable bonds is 3. The molecule has 0 bridgehead atoms. The summed E-state index contributed by atoms with van der Waals surface area (Å²) in [5, 5.41) is 8.43. The van der Waals surface area contributed by atoms with E-state index in [0.29, 0.717) is 0 Å². The predicted molar refractivity (Wildman–Crippen MR) is 27.3 cm³/mol. The van der Waals surface area contributed by atoms with Crippen LogP contribution in [0.25, 0.3) is 0 Å². The first-order valence-electron chi connectivity index (χ1n) is 2.40. The summed E-state index contributed by atoms with van der Waals surface area (Å²) in [6, 6.07) is 0. The molecule has 2 nitrogen and oxygen atoms in total. The molecule has 0 amide bonds. The minimum absolute atomic E-state index is 0.0729. The van der Waals surface area contributed by atoms with Crippen LogP contribution in [0, 0.1) is 0 Å². The fourth-order valence-corrected chi connectivity index (χ4v) is 0.386. The monoisotopic (exact) mass is 119 g/mol. The maximum atomic E-state index is 11.3. The molecule has 0 aliphatic rings. The normalized spacial score (nSPS) is 13.4. The lowest BCUT2D eigenvalue weighted by molar-refractivity contribution is -0.119. The zero-order valence-corrected chi connectivity index (χ0v) is 4.72. The first kappa shape index (κ1) is 7.56. The minimum atomic E-state index is -1.09. The van der Waals surface area contributed by atoms with Gasteiger partial charge in [0.2, 0.25) is 0 Å². The number of aliphatic hydroxyl groups is 1. The molecule has 0 rings (SSSR count). The Labute approximate surface area is 47.3 Å². The second kappa shape index (κ2) is 3.55. The Morgan fingerprint density at radius 1 is 1.88 bits per heavy atom. The van der Waals surface area contributed by atoms with E-state index in [0.717, 1.165) is 0 Å². The smallest absolute Gasteiger partial charge is 0.132 e. The van der Waals surface area contributed by atoms with Gasteiger partial charge in [-0.2, -0.15) is 0 Å². The average molecular weight is 119 g/mol. The van der Waals surface area contributed by atoms with Crippen LogP contribution in [0.2, 0.25) is 0 Å². The van der Waals surface area contributed by atoms with Gasteiger partial charge in [-0.1, -0.05) is 0 Å². The van der Waals surface area contributed by atoms with Gasteiger partial charge in [0, 0.05) is 6.42 Å². The van der Waals surface area contributed by atoms with Gasteiger partial charge < -0.3 is 5.11 Å². The molecule has 48 valence electrons. The summed E-state index contributed by atoms with van der Waals surface area (Å²) in [4.78, 5) is 10.1. The molecule has 0 saturated carbocycles. The topological polar surface area (TPSA) is 37.3 Å². The van der Waals surface area contributed by atoms with Gasteiger partial charge in [0.05, 0.1) is 6.10 Å². The highest BCUT2D eigenvalue weighted by Gasteiger charge is 2.04. The molecule has 3 heteroatoms. The molecule has 0 spiro atoms. The quantitative estimate of drug-likeness (QED) is 0.580. The van der Waals surface area contributed by atoms with Crippen LogP contribution in [0.3, 0.4) is 0 Å². The summed E-state index contributed by atoms with van der Waals surface area (Å²) in [5.41, 5.74) is 0. The van der Waals surface area contributed by atoms with Gasteiger partial charge in [-0.05, 0) is 6.92 Å². The third kappa shape index (κ3) is 3.74. The van der Waals surface area contributed by atoms with E-state index in [-0.39, 0.29) is 12.2 Å². The van der Waals surface area contributed by atoms with Gasteiger partial charge >= 0.3 is 0 Å². The van der Waals surface area contributed by atoms with Crippen molar-refractivity contribution in [2.45, 2.75) is 19.4 Å². The standard InChI is InChI=1S/C5H9FO2/c1-4(7)2-5(8)3-6/h5,8H,2-3H2,1H3/t5-/m0/s1/i6-1. The Hall–Kier alpha value is -0.440. The molecule has 0 fully saturated rings. The summed E-state index contributed by atoms with van der Waals surface area (Å²) in [6.45, 7) is 0.485. The number of aliphatic hydroxyl groups excluding tert-OH is 1. The maximum absolute atomic E-state index is 11.3. The lowest BCUT2D eigenvalue weighted by atomic mass is 10.2. The Bertz CT molecular complexity index is 82.5. The molecule has 8 heavy (non-hydrogen) atoms. The molecule has 0 aromatic heterocycles. The van der Waals surface area contributed by atoms with E-state index in [1.807, 2.05) is 0 Å². The first-order valence-corrected chi connectivity index (χ1v) is 2.40. The highest BCUT2D eigenvalue weighted by molar-refractivity contribution is 5.75. The zero-order chi connectivity index (χ0) is 6.57. The number of halogens is 1. The van der Waals surface area contributed by atoms with E-state index in [1.54, 1.807) is 0 Å². The van der Waals surface area contributed by atoms with Crippen molar-refractivity contribution in [3.63, 3.8) is 0 Å². The third-order valence-electron chi connectivity index (χ3n) is 0.701. The Morgan fingerprint density at radius 3 is 2.50 bits per heavy atom. The van der Waals surface area contributed by atoms with Crippen molar-refractivity contribution < 1.29 is 14.3 Å². The van der Waals surface area contributed by atoms with E-state index in [2.05, 4.69) is 0 Å². The molecule has 0 unspecified atom stereocenters. The first-order chi connectivity index (χ1) is 3.66. The van der Waals surface area contributed by atoms with E-state index in [9.17, 15) is 9.18 Å². The summed E-state index contributed by atoms with van der Waals surface area (Å²) in [5.74, 6) is -0.185. The summed E-state index contributed by atoms with van der Waals surface area (Å²) >= 11 is 0. The molecule has 0 aromatic carbocycles. The molecule has 0 heterocycles. The van der Waals surface area contributed by atoms with Gasteiger partial charge in [0.1, 0.15) is 12.5 Å². The van der Waals surface area contributed by atoms with Crippen LogP contribution in [0.1, 0.15) is 13.3 Å². The number of hydrogen-bond donors (Lipinski definition) is 1. The van der Waals surface area contributed by atoms with Gasteiger partial charge in [0.15, 0.2) is 0 Å². The van der Waals surface area contributed by atoms with Crippen LogP contribution in [0.5, 0.6) is 0 Å². The van der Waals surface area contributed by atoms with E-state index in [4.69, 9.17) is 5.11 Å². The largest absolute Gasteiger partial charge is 0.390 e. The Morgan fingerprint density at radius 2 is 2.38 bits per heavy atom. The fourth-order valence-electron chi connectivity index (χ4n) is 0.386.